The number of aryl methyl sites for hydroxylation is 1. The van der Waals surface area contributed by atoms with Gasteiger partial charge in [-0.1, -0.05) is 0 Å². The van der Waals surface area contributed by atoms with Gasteiger partial charge < -0.3 is 0 Å². The molecule has 2 aromatic rings. The van der Waals surface area contributed by atoms with E-state index in [0.717, 1.165) is 11.3 Å². The molecule has 5 heteroatoms. The fraction of sp³-hybridized carbons (Fsp3) is 0.357. The summed E-state index contributed by atoms with van der Waals surface area (Å²) in [7, 11) is 1.97. The van der Waals surface area contributed by atoms with Crippen molar-refractivity contribution in [3.05, 3.63) is 45.6 Å². The average molecular weight is 257 g/mol. The summed E-state index contributed by atoms with van der Waals surface area (Å²) in [6.45, 7) is 2.08. The number of nitro groups is 1. The molecule has 1 aromatic heterocycles. The second-order valence-electron chi connectivity index (χ2n) is 5.06. The van der Waals surface area contributed by atoms with E-state index in [2.05, 4.69) is 12.0 Å². The molecule has 19 heavy (non-hydrogen) atoms. The number of hydrogen-bond donors (Lipinski definition) is 0. The average Bonchev–Trinajstić information content (AvgIpc) is 3.16. The van der Waals surface area contributed by atoms with Crippen LogP contribution in [-0.2, 0) is 7.05 Å². The SMILES string of the molecule is Cc1c(-c2ccc([N+](=O)[O-])cc2)nn(C)c1C1CC1. The Morgan fingerprint density at radius 1 is 1.32 bits per heavy atom. The Kier molecular flexibility index (Phi) is 2.62. The number of hydrogen-bond acceptors (Lipinski definition) is 3. The minimum absolute atomic E-state index is 0.111. The highest BCUT2D eigenvalue weighted by atomic mass is 16.6. The van der Waals surface area contributed by atoms with Crippen molar-refractivity contribution >= 4 is 5.69 Å². The molecule has 0 atom stereocenters. The number of aromatic nitrogens is 2. The molecule has 0 bridgehead atoms. The molecule has 0 N–H and O–H groups in total. The van der Waals surface area contributed by atoms with Crippen molar-refractivity contribution in [1.29, 1.82) is 0 Å². The van der Waals surface area contributed by atoms with Gasteiger partial charge in [-0.15, -0.1) is 0 Å². The highest BCUT2D eigenvalue weighted by molar-refractivity contribution is 5.65. The maximum Gasteiger partial charge on any atom is 0.269 e. The van der Waals surface area contributed by atoms with Gasteiger partial charge in [-0.25, -0.2) is 0 Å². The van der Waals surface area contributed by atoms with E-state index < -0.39 is 0 Å². The van der Waals surface area contributed by atoms with Gasteiger partial charge in [0.2, 0.25) is 0 Å². The van der Waals surface area contributed by atoms with Crippen molar-refractivity contribution in [2.24, 2.45) is 7.05 Å². The zero-order valence-electron chi connectivity index (χ0n) is 11.0. The molecule has 0 unspecified atom stereocenters. The Balaban J connectivity index is 2.02. The fourth-order valence-electron chi connectivity index (χ4n) is 2.59. The summed E-state index contributed by atoms with van der Waals surface area (Å²) >= 11 is 0. The van der Waals surface area contributed by atoms with Crippen LogP contribution in [0.5, 0.6) is 0 Å². The number of benzene rings is 1. The zero-order valence-corrected chi connectivity index (χ0v) is 11.0. The molecule has 0 aliphatic heterocycles. The van der Waals surface area contributed by atoms with E-state index in [1.807, 2.05) is 11.7 Å². The first-order valence-corrected chi connectivity index (χ1v) is 6.36. The molecule has 1 aromatic carbocycles. The number of nitro benzene ring substituents is 1. The highest BCUT2D eigenvalue weighted by Gasteiger charge is 2.30. The van der Waals surface area contributed by atoms with Crippen molar-refractivity contribution in [3.63, 3.8) is 0 Å². The van der Waals surface area contributed by atoms with Crippen LogP contribution in [0.1, 0.15) is 30.0 Å². The van der Waals surface area contributed by atoms with Gasteiger partial charge >= 0.3 is 0 Å². The van der Waals surface area contributed by atoms with E-state index in [9.17, 15) is 10.1 Å². The lowest BCUT2D eigenvalue weighted by atomic mass is 10.1. The number of rotatable bonds is 3. The molecule has 0 amide bonds. The molecule has 0 radical (unpaired) electrons. The van der Waals surface area contributed by atoms with Gasteiger partial charge in [0.1, 0.15) is 0 Å². The van der Waals surface area contributed by atoms with E-state index in [-0.39, 0.29) is 10.6 Å². The van der Waals surface area contributed by atoms with Gasteiger partial charge in [0.25, 0.3) is 5.69 Å². The second kappa shape index (κ2) is 4.19. The van der Waals surface area contributed by atoms with Gasteiger partial charge in [-0.3, -0.25) is 14.8 Å². The lowest BCUT2D eigenvalue weighted by molar-refractivity contribution is -0.384. The molecule has 0 saturated heterocycles. The van der Waals surface area contributed by atoms with Crippen LogP contribution in [0.15, 0.2) is 24.3 Å². The van der Waals surface area contributed by atoms with E-state index in [1.54, 1.807) is 12.1 Å². The van der Waals surface area contributed by atoms with E-state index >= 15 is 0 Å². The molecule has 1 aliphatic carbocycles. The molecule has 1 fully saturated rings. The lowest BCUT2D eigenvalue weighted by Crippen LogP contribution is -1.96. The van der Waals surface area contributed by atoms with Crippen molar-refractivity contribution < 1.29 is 4.92 Å². The molecule has 5 nitrogen and oxygen atoms in total. The van der Waals surface area contributed by atoms with Gasteiger partial charge in [-0.2, -0.15) is 5.10 Å². The van der Waals surface area contributed by atoms with Gasteiger partial charge in [0.05, 0.1) is 10.6 Å². The van der Waals surface area contributed by atoms with E-state index in [1.165, 1.54) is 36.2 Å². The summed E-state index contributed by atoms with van der Waals surface area (Å²) in [6.07, 6.45) is 2.47. The molecular weight excluding hydrogens is 242 g/mol. The summed E-state index contributed by atoms with van der Waals surface area (Å²) in [4.78, 5) is 10.3. The summed E-state index contributed by atoms with van der Waals surface area (Å²) in [5, 5.41) is 15.2. The maximum atomic E-state index is 10.7. The number of non-ortho nitro benzene ring substituents is 1. The second-order valence-corrected chi connectivity index (χ2v) is 5.06. The summed E-state index contributed by atoms with van der Waals surface area (Å²) in [5.74, 6) is 0.643. The predicted octanol–water partition coefficient (Wildman–Crippen LogP) is 3.18. The zero-order chi connectivity index (χ0) is 13.6. The first-order chi connectivity index (χ1) is 9.08. The van der Waals surface area contributed by atoms with Crippen molar-refractivity contribution in [2.45, 2.75) is 25.7 Å². The summed E-state index contributed by atoms with van der Waals surface area (Å²) < 4.78 is 1.95. The molecular formula is C14H15N3O2. The Hall–Kier alpha value is -2.17. The molecule has 1 heterocycles. The highest BCUT2D eigenvalue weighted by Crippen LogP contribution is 2.43. The van der Waals surface area contributed by atoms with Gasteiger partial charge in [-0.05, 0) is 37.5 Å². The third-order valence-electron chi connectivity index (χ3n) is 3.65. The van der Waals surface area contributed by atoms with Crippen LogP contribution in [0, 0.1) is 17.0 Å². The van der Waals surface area contributed by atoms with Crippen LogP contribution in [0.3, 0.4) is 0 Å². The lowest BCUT2D eigenvalue weighted by Gasteiger charge is -2.00. The maximum absolute atomic E-state index is 10.7. The Labute approximate surface area is 111 Å². The Morgan fingerprint density at radius 3 is 2.47 bits per heavy atom. The van der Waals surface area contributed by atoms with E-state index in [4.69, 9.17) is 0 Å². The molecule has 3 rings (SSSR count). The van der Waals surface area contributed by atoms with Crippen molar-refractivity contribution in [2.75, 3.05) is 0 Å². The predicted molar refractivity (Wildman–Crippen MR) is 72.0 cm³/mol. The smallest absolute Gasteiger partial charge is 0.269 e. The topological polar surface area (TPSA) is 61.0 Å². The largest absolute Gasteiger partial charge is 0.271 e. The standard InChI is InChI=1S/C14H15N3O2/c1-9-13(15-16(2)14(9)11-3-4-11)10-5-7-12(8-6-10)17(18)19/h5-8,11H,3-4H2,1-2H3. The van der Waals surface area contributed by atoms with Gasteiger partial charge in [0, 0.05) is 36.4 Å². The van der Waals surface area contributed by atoms with Crippen LogP contribution < -0.4 is 0 Å². The molecule has 1 saturated carbocycles. The molecule has 1 aliphatic rings. The van der Waals surface area contributed by atoms with Crippen LogP contribution in [0.2, 0.25) is 0 Å². The van der Waals surface area contributed by atoms with Crippen LogP contribution in [-0.4, -0.2) is 14.7 Å². The summed E-state index contributed by atoms with van der Waals surface area (Å²) in [6, 6.07) is 6.59. The molecule has 98 valence electrons. The first kappa shape index (κ1) is 11.9. The van der Waals surface area contributed by atoms with Crippen LogP contribution >= 0.6 is 0 Å². The fourth-order valence-corrected chi connectivity index (χ4v) is 2.59. The minimum Gasteiger partial charge on any atom is -0.271 e. The van der Waals surface area contributed by atoms with Crippen LogP contribution in [0.25, 0.3) is 11.3 Å². The van der Waals surface area contributed by atoms with E-state index in [0.29, 0.717) is 5.92 Å². The minimum atomic E-state index is -0.384. The Morgan fingerprint density at radius 2 is 1.95 bits per heavy atom. The van der Waals surface area contributed by atoms with Crippen molar-refractivity contribution in [1.82, 2.24) is 9.78 Å². The summed E-state index contributed by atoms with van der Waals surface area (Å²) in [5.41, 5.74) is 4.47. The monoisotopic (exact) mass is 257 g/mol. The third kappa shape index (κ3) is 2.01. The van der Waals surface area contributed by atoms with Crippen molar-refractivity contribution in [3.8, 4) is 11.3 Å². The third-order valence-corrected chi connectivity index (χ3v) is 3.65. The quantitative estimate of drug-likeness (QED) is 0.626. The first-order valence-electron chi connectivity index (χ1n) is 6.36. The molecule has 0 spiro atoms. The Bertz CT molecular complexity index is 639. The van der Waals surface area contributed by atoms with Crippen LogP contribution in [0.4, 0.5) is 5.69 Å². The number of nitrogens with zero attached hydrogens (tertiary/aromatic N) is 3. The van der Waals surface area contributed by atoms with Gasteiger partial charge in [0.15, 0.2) is 0 Å². The normalized spacial score (nSPS) is 14.6.